The Morgan fingerprint density at radius 1 is 1.16 bits per heavy atom. The van der Waals surface area contributed by atoms with Gasteiger partial charge >= 0.3 is 0 Å². The van der Waals surface area contributed by atoms with Crippen LogP contribution in [-0.4, -0.2) is 11.1 Å². The monoisotopic (exact) mass is 297 g/mol. The average molecular weight is 298 g/mol. The van der Waals surface area contributed by atoms with Gasteiger partial charge in [0.25, 0.3) is 0 Å². The Labute approximate surface area is 117 Å². The molecule has 0 spiro atoms. The first-order valence-electron chi connectivity index (χ1n) is 5.71. The van der Waals surface area contributed by atoms with Gasteiger partial charge in [-0.05, 0) is 29.5 Å². The molecule has 110 valence electrons. The molecule has 0 saturated heterocycles. The molecule has 0 radical (unpaired) electrons. The Kier molecular flexibility index (Phi) is 6.32. The van der Waals surface area contributed by atoms with Crippen LogP contribution in [0.5, 0.6) is 0 Å². The maximum absolute atomic E-state index is 13.0. The summed E-state index contributed by atoms with van der Waals surface area (Å²) in [5.41, 5.74) is 5.63. The van der Waals surface area contributed by atoms with Crippen molar-refractivity contribution in [2.75, 3.05) is 0 Å². The van der Waals surface area contributed by atoms with Gasteiger partial charge in [-0.3, -0.25) is 0 Å². The highest BCUT2D eigenvalue weighted by molar-refractivity contribution is 5.85. The molecular weight excluding hydrogens is 279 g/mol. The Balaban J connectivity index is 0.00000324. The average Bonchev–Trinajstić information content (AvgIpc) is 2.23. The van der Waals surface area contributed by atoms with Gasteiger partial charge in [0.15, 0.2) is 17.5 Å². The smallest absolute Gasteiger partial charge is 0.194 e. The summed E-state index contributed by atoms with van der Waals surface area (Å²) < 4.78 is 38.8. The van der Waals surface area contributed by atoms with Gasteiger partial charge in [-0.2, -0.15) is 0 Å². The zero-order chi connectivity index (χ0) is 14.1. The van der Waals surface area contributed by atoms with Crippen LogP contribution in [0.3, 0.4) is 0 Å². The molecule has 0 aliphatic heterocycles. The van der Waals surface area contributed by atoms with Crippen molar-refractivity contribution in [1.82, 2.24) is 0 Å². The van der Waals surface area contributed by atoms with E-state index in [4.69, 9.17) is 5.73 Å². The molecule has 1 rings (SSSR count). The molecular formula is C13H19ClF3NO. The van der Waals surface area contributed by atoms with Crippen molar-refractivity contribution >= 4 is 12.4 Å². The molecule has 2 nitrogen and oxygen atoms in total. The van der Waals surface area contributed by atoms with Crippen molar-refractivity contribution in [3.05, 3.63) is 35.1 Å². The lowest BCUT2D eigenvalue weighted by Crippen LogP contribution is -2.36. The molecule has 0 saturated carbocycles. The number of benzene rings is 1. The van der Waals surface area contributed by atoms with Crippen LogP contribution >= 0.6 is 12.4 Å². The van der Waals surface area contributed by atoms with Crippen LogP contribution < -0.4 is 5.73 Å². The van der Waals surface area contributed by atoms with Crippen LogP contribution in [0.1, 0.15) is 38.9 Å². The van der Waals surface area contributed by atoms with Crippen molar-refractivity contribution in [3.8, 4) is 0 Å². The van der Waals surface area contributed by atoms with Gasteiger partial charge in [-0.1, -0.05) is 20.8 Å². The van der Waals surface area contributed by atoms with E-state index in [0.29, 0.717) is 0 Å². The molecule has 0 aliphatic rings. The largest absolute Gasteiger partial charge is 0.388 e. The fourth-order valence-corrected chi connectivity index (χ4v) is 1.50. The van der Waals surface area contributed by atoms with E-state index in [0.717, 1.165) is 12.1 Å². The molecule has 0 amide bonds. The summed E-state index contributed by atoms with van der Waals surface area (Å²) in [6.45, 7) is 5.70. The first-order chi connectivity index (χ1) is 8.12. The Hall–Kier alpha value is -0.780. The number of aliphatic hydroxyl groups excluding tert-OH is 1. The van der Waals surface area contributed by atoms with Crippen molar-refractivity contribution in [3.63, 3.8) is 0 Å². The van der Waals surface area contributed by atoms with Gasteiger partial charge in [0, 0.05) is 6.04 Å². The number of hydrogen-bond acceptors (Lipinski definition) is 2. The van der Waals surface area contributed by atoms with Crippen LogP contribution in [0.2, 0.25) is 0 Å². The third-order valence-corrected chi connectivity index (χ3v) is 2.98. The second-order valence-corrected chi connectivity index (χ2v) is 5.52. The van der Waals surface area contributed by atoms with Gasteiger partial charge in [0.05, 0.1) is 6.10 Å². The maximum Gasteiger partial charge on any atom is 0.194 e. The fourth-order valence-electron chi connectivity index (χ4n) is 1.50. The number of aliphatic hydroxyl groups is 1. The lowest BCUT2D eigenvalue weighted by atomic mass is 9.83. The van der Waals surface area contributed by atoms with Crippen molar-refractivity contribution < 1.29 is 18.3 Å². The summed E-state index contributed by atoms with van der Waals surface area (Å²) >= 11 is 0. The molecule has 0 aliphatic carbocycles. The van der Waals surface area contributed by atoms with Crippen LogP contribution in [0.15, 0.2) is 12.1 Å². The van der Waals surface area contributed by atoms with E-state index in [9.17, 15) is 18.3 Å². The normalized spacial score (nSPS) is 14.7. The molecule has 0 unspecified atom stereocenters. The highest BCUT2D eigenvalue weighted by Gasteiger charge is 2.25. The molecule has 2 atom stereocenters. The zero-order valence-electron chi connectivity index (χ0n) is 11.1. The standard InChI is InChI=1S/C13H18F3NO.ClH/c1-13(2,3)11(17)6-10(18)7-4-8(14)12(16)9(15)5-7;/h4-5,10-11,18H,6,17H2,1-3H3;1H/t10-,11-;/m0./s1. The zero-order valence-corrected chi connectivity index (χ0v) is 11.9. The Morgan fingerprint density at radius 3 is 1.95 bits per heavy atom. The van der Waals surface area contributed by atoms with E-state index in [1.54, 1.807) is 0 Å². The summed E-state index contributed by atoms with van der Waals surface area (Å²) in [7, 11) is 0. The molecule has 1 aromatic rings. The Bertz CT molecular complexity index is 411. The van der Waals surface area contributed by atoms with Crippen LogP contribution in [0.25, 0.3) is 0 Å². The summed E-state index contributed by atoms with van der Waals surface area (Å²) in [4.78, 5) is 0. The summed E-state index contributed by atoms with van der Waals surface area (Å²) in [5, 5.41) is 9.86. The molecule has 6 heteroatoms. The third-order valence-electron chi connectivity index (χ3n) is 2.98. The van der Waals surface area contributed by atoms with Gasteiger partial charge in [-0.25, -0.2) is 13.2 Å². The molecule has 19 heavy (non-hydrogen) atoms. The summed E-state index contributed by atoms with van der Waals surface area (Å²) in [6.07, 6.45) is -0.975. The number of rotatable bonds is 3. The quantitative estimate of drug-likeness (QED) is 0.841. The molecule has 0 fully saturated rings. The minimum Gasteiger partial charge on any atom is -0.388 e. The van der Waals surface area contributed by atoms with Crippen molar-refractivity contribution in [2.45, 2.75) is 39.3 Å². The fraction of sp³-hybridized carbons (Fsp3) is 0.538. The predicted molar refractivity (Wildman–Crippen MR) is 70.6 cm³/mol. The third kappa shape index (κ3) is 4.67. The van der Waals surface area contributed by atoms with E-state index < -0.39 is 23.6 Å². The summed E-state index contributed by atoms with van der Waals surface area (Å²) in [5.74, 6) is -4.16. The highest BCUT2D eigenvalue weighted by atomic mass is 35.5. The van der Waals surface area contributed by atoms with Gasteiger partial charge in [0.2, 0.25) is 0 Å². The Morgan fingerprint density at radius 2 is 1.58 bits per heavy atom. The van der Waals surface area contributed by atoms with E-state index in [1.807, 2.05) is 20.8 Å². The SMILES string of the molecule is CC(C)(C)[C@@H](N)C[C@H](O)c1cc(F)c(F)c(F)c1.Cl. The van der Waals surface area contributed by atoms with Gasteiger partial charge in [0.1, 0.15) is 0 Å². The lowest BCUT2D eigenvalue weighted by molar-refractivity contribution is 0.132. The maximum atomic E-state index is 13.0. The molecule has 0 aromatic heterocycles. The molecule has 3 N–H and O–H groups in total. The van der Waals surface area contributed by atoms with Crippen LogP contribution in [0.4, 0.5) is 13.2 Å². The first-order valence-corrected chi connectivity index (χ1v) is 5.71. The van der Waals surface area contributed by atoms with Crippen LogP contribution in [0, 0.1) is 22.9 Å². The summed E-state index contributed by atoms with van der Waals surface area (Å²) in [6, 6.07) is 1.24. The number of nitrogens with two attached hydrogens (primary N) is 1. The minimum atomic E-state index is -1.54. The highest BCUT2D eigenvalue weighted by Crippen LogP contribution is 2.28. The lowest BCUT2D eigenvalue weighted by Gasteiger charge is -2.29. The number of halogens is 4. The van der Waals surface area contributed by atoms with E-state index in [1.165, 1.54) is 0 Å². The molecule has 0 bridgehead atoms. The van der Waals surface area contributed by atoms with Crippen LogP contribution in [-0.2, 0) is 0 Å². The predicted octanol–water partition coefficient (Wildman–Crippen LogP) is 3.32. The van der Waals surface area contributed by atoms with E-state index >= 15 is 0 Å². The van der Waals surface area contributed by atoms with Crippen molar-refractivity contribution in [1.29, 1.82) is 0 Å². The second kappa shape index (κ2) is 6.59. The van der Waals surface area contributed by atoms with Gasteiger partial charge in [-0.15, -0.1) is 12.4 Å². The second-order valence-electron chi connectivity index (χ2n) is 5.52. The van der Waals surface area contributed by atoms with Crippen molar-refractivity contribution in [2.24, 2.45) is 11.1 Å². The van der Waals surface area contributed by atoms with E-state index in [2.05, 4.69) is 0 Å². The number of hydrogen-bond donors (Lipinski definition) is 2. The molecule has 1 aromatic carbocycles. The first kappa shape index (κ1) is 18.2. The topological polar surface area (TPSA) is 46.2 Å². The van der Waals surface area contributed by atoms with E-state index in [-0.39, 0.29) is 35.8 Å². The van der Waals surface area contributed by atoms with Gasteiger partial charge < -0.3 is 10.8 Å². The minimum absolute atomic E-state index is 0. The molecule has 0 heterocycles.